The van der Waals surface area contributed by atoms with Crippen LogP contribution in [0.4, 0.5) is 5.69 Å². The highest BCUT2D eigenvalue weighted by Crippen LogP contribution is 2.28. The molecule has 0 bridgehead atoms. The number of carbonyl (C=O) groups excluding carboxylic acids is 1. The second-order valence-electron chi connectivity index (χ2n) is 9.43. The Balaban J connectivity index is 1.32. The van der Waals surface area contributed by atoms with Crippen LogP contribution in [-0.2, 0) is 4.79 Å². The largest absolute Gasteiger partial charge is 0.388 e. The van der Waals surface area contributed by atoms with Crippen LogP contribution in [0.5, 0.6) is 0 Å². The molecule has 0 aromatic heterocycles. The molecule has 2 N–H and O–H groups in total. The van der Waals surface area contributed by atoms with Crippen LogP contribution in [0.3, 0.4) is 0 Å². The summed E-state index contributed by atoms with van der Waals surface area (Å²) in [5, 5.41) is 21.9. The number of carbonyl (C=O) groups is 1. The molecular weight excluding hydrogens is 400 g/mol. The molecule has 2 aliphatic rings. The average Bonchev–Trinajstić information content (AvgIpc) is 2.83. The van der Waals surface area contributed by atoms with Gasteiger partial charge in [0.2, 0.25) is 5.91 Å². The Hall–Kier alpha value is -2.10. The maximum atomic E-state index is 12.0. The minimum atomic E-state index is -0.372. The fourth-order valence-electron chi connectivity index (χ4n) is 4.98. The van der Waals surface area contributed by atoms with E-state index in [0.29, 0.717) is 25.3 Å². The first-order chi connectivity index (χ1) is 15.6. The number of anilines is 1. The Labute approximate surface area is 193 Å². The standard InChI is InChI=1S/C26H40N4O2/c1-2-25(31)22-6-5-7-24(20-22)30-18-16-29(17-19-30)15-13-21-9-11-23(12-10-21)28-26(32)8-3-4-14-27/h5-7,20-21,23,25,31H,2-4,8-13,15-19H2,1H3,(H,28,32)/t21-,23-,25?. The lowest BCUT2D eigenvalue weighted by Gasteiger charge is -2.37. The Kier molecular flexibility index (Phi) is 9.83. The molecule has 1 aromatic rings. The molecule has 1 unspecified atom stereocenters. The van der Waals surface area contributed by atoms with E-state index >= 15 is 0 Å². The van der Waals surface area contributed by atoms with Crippen molar-refractivity contribution >= 4 is 11.6 Å². The minimum absolute atomic E-state index is 0.108. The van der Waals surface area contributed by atoms with E-state index < -0.39 is 0 Å². The second-order valence-corrected chi connectivity index (χ2v) is 9.43. The Morgan fingerprint density at radius 3 is 2.66 bits per heavy atom. The second kappa shape index (κ2) is 12.8. The number of amides is 1. The number of rotatable bonds is 10. The van der Waals surface area contributed by atoms with Crippen molar-refractivity contribution in [3.8, 4) is 6.07 Å². The summed E-state index contributed by atoms with van der Waals surface area (Å²) >= 11 is 0. The van der Waals surface area contributed by atoms with Gasteiger partial charge in [0.15, 0.2) is 0 Å². The van der Waals surface area contributed by atoms with Gasteiger partial charge in [0.25, 0.3) is 0 Å². The quantitative estimate of drug-likeness (QED) is 0.538. The molecule has 32 heavy (non-hydrogen) atoms. The van der Waals surface area contributed by atoms with E-state index in [1.54, 1.807) is 0 Å². The van der Waals surface area contributed by atoms with Gasteiger partial charge in [-0.25, -0.2) is 0 Å². The molecule has 0 spiro atoms. The van der Waals surface area contributed by atoms with Gasteiger partial charge in [-0.15, -0.1) is 0 Å². The lowest BCUT2D eigenvalue weighted by molar-refractivity contribution is -0.122. The monoisotopic (exact) mass is 440 g/mol. The molecule has 1 saturated heterocycles. The SMILES string of the molecule is CCC(O)c1cccc(N2CCN(CC[C@H]3CC[C@H](NC(=O)CCCC#N)CC3)CC2)c1. The zero-order valence-corrected chi connectivity index (χ0v) is 19.6. The van der Waals surface area contributed by atoms with Gasteiger partial charge in [0, 0.05) is 50.7 Å². The van der Waals surface area contributed by atoms with Gasteiger partial charge in [-0.2, -0.15) is 5.26 Å². The van der Waals surface area contributed by atoms with E-state index in [2.05, 4.69) is 39.4 Å². The molecule has 0 radical (unpaired) electrons. The number of benzene rings is 1. The van der Waals surface area contributed by atoms with Crippen molar-refractivity contribution < 1.29 is 9.90 Å². The number of aliphatic hydroxyl groups is 1. The minimum Gasteiger partial charge on any atom is -0.388 e. The maximum absolute atomic E-state index is 12.0. The zero-order valence-electron chi connectivity index (χ0n) is 19.6. The molecule has 1 aliphatic heterocycles. The first-order valence-electron chi connectivity index (χ1n) is 12.5. The summed E-state index contributed by atoms with van der Waals surface area (Å²) in [6.07, 6.45) is 7.80. The molecule has 1 aromatic carbocycles. The molecule has 176 valence electrons. The molecule has 2 fully saturated rings. The first-order valence-corrected chi connectivity index (χ1v) is 12.5. The van der Waals surface area contributed by atoms with Gasteiger partial charge in [-0.05, 0) is 75.1 Å². The molecule has 1 amide bonds. The number of aliphatic hydroxyl groups excluding tert-OH is 1. The predicted molar refractivity (Wildman–Crippen MR) is 128 cm³/mol. The molecule has 1 heterocycles. The molecule has 3 rings (SSSR count). The molecule has 1 atom stereocenters. The van der Waals surface area contributed by atoms with Gasteiger partial charge in [0.05, 0.1) is 12.2 Å². The van der Waals surface area contributed by atoms with E-state index in [-0.39, 0.29) is 12.0 Å². The summed E-state index contributed by atoms with van der Waals surface area (Å²) in [6.45, 7) is 7.44. The highest BCUT2D eigenvalue weighted by atomic mass is 16.3. The lowest BCUT2D eigenvalue weighted by Crippen LogP contribution is -2.47. The number of nitrogens with one attached hydrogen (secondary N) is 1. The van der Waals surface area contributed by atoms with E-state index in [9.17, 15) is 9.90 Å². The molecule has 6 nitrogen and oxygen atoms in total. The Morgan fingerprint density at radius 2 is 1.97 bits per heavy atom. The number of piperazine rings is 1. The average molecular weight is 441 g/mol. The fraction of sp³-hybridized carbons (Fsp3) is 0.692. The zero-order chi connectivity index (χ0) is 22.8. The van der Waals surface area contributed by atoms with Crippen LogP contribution in [0.15, 0.2) is 24.3 Å². The summed E-state index contributed by atoms with van der Waals surface area (Å²) < 4.78 is 0. The van der Waals surface area contributed by atoms with Crippen molar-refractivity contribution in [2.24, 2.45) is 5.92 Å². The van der Waals surface area contributed by atoms with Crippen LogP contribution < -0.4 is 10.2 Å². The van der Waals surface area contributed by atoms with E-state index in [1.807, 2.05) is 13.0 Å². The summed E-state index contributed by atoms with van der Waals surface area (Å²) in [6, 6.07) is 10.8. The number of nitriles is 1. The first kappa shape index (κ1) is 24.5. The Bertz CT molecular complexity index is 746. The Morgan fingerprint density at radius 1 is 1.22 bits per heavy atom. The van der Waals surface area contributed by atoms with Crippen molar-refractivity contribution in [3.05, 3.63) is 29.8 Å². The molecule has 6 heteroatoms. The van der Waals surface area contributed by atoms with E-state index in [4.69, 9.17) is 5.26 Å². The van der Waals surface area contributed by atoms with Gasteiger partial charge in [-0.1, -0.05) is 19.1 Å². The van der Waals surface area contributed by atoms with Crippen LogP contribution in [0.1, 0.15) is 76.4 Å². The number of unbranched alkanes of at least 4 members (excludes halogenated alkanes) is 1. The predicted octanol–water partition coefficient (Wildman–Crippen LogP) is 4.01. The molecule has 1 saturated carbocycles. The summed E-state index contributed by atoms with van der Waals surface area (Å²) in [4.78, 5) is 17.0. The van der Waals surface area contributed by atoms with Crippen LogP contribution in [0.2, 0.25) is 0 Å². The maximum Gasteiger partial charge on any atom is 0.220 e. The highest BCUT2D eigenvalue weighted by Gasteiger charge is 2.24. The third kappa shape index (κ3) is 7.50. The van der Waals surface area contributed by atoms with Crippen LogP contribution >= 0.6 is 0 Å². The number of hydrogen-bond acceptors (Lipinski definition) is 5. The third-order valence-electron chi connectivity index (χ3n) is 7.14. The summed E-state index contributed by atoms with van der Waals surface area (Å²) in [5.41, 5.74) is 2.24. The molecular formula is C26H40N4O2. The topological polar surface area (TPSA) is 79.6 Å². The number of nitrogens with zero attached hydrogens (tertiary/aromatic N) is 3. The van der Waals surface area contributed by atoms with Crippen molar-refractivity contribution in [2.75, 3.05) is 37.6 Å². The van der Waals surface area contributed by atoms with E-state index in [1.165, 1.54) is 24.9 Å². The summed E-state index contributed by atoms with van der Waals surface area (Å²) in [5.74, 6) is 0.878. The van der Waals surface area contributed by atoms with Crippen LogP contribution in [0, 0.1) is 17.2 Å². The normalized spacial score (nSPS) is 22.8. The van der Waals surface area contributed by atoms with Gasteiger partial charge in [-0.3, -0.25) is 9.69 Å². The van der Waals surface area contributed by atoms with Gasteiger partial charge in [0.1, 0.15) is 0 Å². The van der Waals surface area contributed by atoms with Crippen LogP contribution in [0.25, 0.3) is 0 Å². The van der Waals surface area contributed by atoms with Crippen molar-refractivity contribution in [2.45, 2.75) is 76.9 Å². The van der Waals surface area contributed by atoms with Gasteiger partial charge >= 0.3 is 0 Å². The third-order valence-corrected chi connectivity index (χ3v) is 7.14. The van der Waals surface area contributed by atoms with Crippen molar-refractivity contribution in [1.82, 2.24) is 10.2 Å². The van der Waals surface area contributed by atoms with E-state index in [0.717, 1.165) is 63.5 Å². The van der Waals surface area contributed by atoms with Gasteiger partial charge < -0.3 is 15.3 Å². The lowest BCUT2D eigenvalue weighted by atomic mass is 9.84. The smallest absolute Gasteiger partial charge is 0.220 e. The highest BCUT2D eigenvalue weighted by molar-refractivity contribution is 5.76. The number of hydrogen-bond donors (Lipinski definition) is 2. The van der Waals surface area contributed by atoms with Crippen molar-refractivity contribution in [1.29, 1.82) is 5.26 Å². The molecule has 1 aliphatic carbocycles. The summed E-state index contributed by atoms with van der Waals surface area (Å²) in [7, 11) is 0. The fourth-order valence-corrected chi connectivity index (χ4v) is 4.98. The van der Waals surface area contributed by atoms with Crippen LogP contribution in [-0.4, -0.2) is 54.7 Å². The van der Waals surface area contributed by atoms with Crippen molar-refractivity contribution in [3.63, 3.8) is 0 Å².